The van der Waals surface area contributed by atoms with Gasteiger partial charge in [0.15, 0.2) is 11.5 Å². The number of hydrogen-bond donors (Lipinski definition) is 1. The molecule has 0 spiro atoms. The van der Waals surface area contributed by atoms with Crippen molar-refractivity contribution >= 4 is 29.2 Å². The molecule has 3 aromatic rings. The van der Waals surface area contributed by atoms with Crippen molar-refractivity contribution in [3.63, 3.8) is 0 Å². The van der Waals surface area contributed by atoms with Crippen LogP contribution < -0.4 is 19.7 Å². The fraction of sp³-hybridized carbons (Fsp3) is 0.355. The van der Waals surface area contributed by atoms with Crippen molar-refractivity contribution in [1.82, 2.24) is 9.88 Å². The van der Waals surface area contributed by atoms with Crippen LogP contribution in [0.1, 0.15) is 83.0 Å². The Bertz CT molecular complexity index is 1510. The number of nitrogens with one attached hydrogen (secondary N) is 1. The Kier molecular flexibility index (Phi) is 6.65. The van der Waals surface area contributed by atoms with E-state index in [4.69, 9.17) is 9.47 Å². The van der Waals surface area contributed by atoms with Crippen molar-refractivity contribution < 1.29 is 23.9 Å². The second-order valence-corrected chi connectivity index (χ2v) is 10.7. The van der Waals surface area contributed by atoms with Crippen molar-refractivity contribution in [3.8, 4) is 11.5 Å². The van der Waals surface area contributed by atoms with Gasteiger partial charge in [-0.1, -0.05) is 12.1 Å². The van der Waals surface area contributed by atoms with Gasteiger partial charge in [0.2, 0.25) is 5.91 Å². The van der Waals surface area contributed by atoms with Crippen LogP contribution in [0.4, 0.5) is 11.5 Å². The van der Waals surface area contributed by atoms with E-state index in [2.05, 4.69) is 10.3 Å². The minimum Gasteiger partial charge on any atom is -0.493 e. The summed E-state index contributed by atoms with van der Waals surface area (Å²) in [6.07, 6.45) is 6.18. The summed E-state index contributed by atoms with van der Waals surface area (Å²) in [6, 6.07) is 13.0. The van der Waals surface area contributed by atoms with Gasteiger partial charge in [0.05, 0.1) is 19.3 Å². The summed E-state index contributed by atoms with van der Waals surface area (Å²) < 4.78 is 11.8. The lowest BCUT2D eigenvalue weighted by atomic mass is 10.0. The first-order valence-corrected chi connectivity index (χ1v) is 13.7. The summed E-state index contributed by atoms with van der Waals surface area (Å²) >= 11 is 0. The molecule has 1 aliphatic carbocycles. The number of aromatic nitrogens is 1. The van der Waals surface area contributed by atoms with Gasteiger partial charge < -0.3 is 24.6 Å². The summed E-state index contributed by atoms with van der Waals surface area (Å²) in [7, 11) is 1.62. The van der Waals surface area contributed by atoms with Crippen LogP contribution >= 0.6 is 0 Å². The monoisotopic (exact) mass is 540 g/mol. The zero-order valence-electron chi connectivity index (χ0n) is 22.9. The van der Waals surface area contributed by atoms with Crippen LogP contribution in [0, 0.1) is 0 Å². The van der Waals surface area contributed by atoms with Crippen LogP contribution in [-0.4, -0.2) is 40.8 Å². The standard InChI is InChI=1S/C31H32N4O5/c1-18-24-10-8-20(16-34-17-21-15-32-29(33-19(2)36)14-25(21)30(34)37)12-26(24)31(38)35(18)22-9-11-27(39-3)28(13-22)40-23-6-4-5-7-23/h8-15,18,23H,4-7,16-17H2,1-3H3,(H,32,33,36). The quantitative estimate of drug-likeness (QED) is 0.440. The van der Waals surface area contributed by atoms with Gasteiger partial charge in [0.25, 0.3) is 11.8 Å². The Hall–Kier alpha value is -4.40. The van der Waals surface area contributed by atoms with E-state index in [1.165, 1.54) is 6.92 Å². The Labute approximate surface area is 233 Å². The predicted molar refractivity (Wildman–Crippen MR) is 150 cm³/mol. The molecule has 3 amide bonds. The number of ether oxygens (including phenoxy) is 2. The molecule has 0 saturated heterocycles. The third-order valence-electron chi connectivity index (χ3n) is 7.97. The number of fused-ring (bicyclic) bond motifs is 2. The molecule has 40 heavy (non-hydrogen) atoms. The first kappa shape index (κ1) is 25.9. The van der Waals surface area contributed by atoms with Crippen molar-refractivity contribution in [2.24, 2.45) is 0 Å². The number of benzene rings is 2. The zero-order chi connectivity index (χ0) is 28.0. The third-order valence-corrected chi connectivity index (χ3v) is 7.97. The Morgan fingerprint density at radius 2 is 1.82 bits per heavy atom. The van der Waals surface area contributed by atoms with Gasteiger partial charge in [-0.25, -0.2) is 4.98 Å². The molecule has 206 valence electrons. The number of methoxy groups -OCH3 is 1. The van der Waals surface area contributed by atoms with Crippen molar-refractivity contribution in [2.75, 3.05) is 17.3 Å². The molecular formula is C31H32N4O5. The van der Waals surface area contributed by atoms with Crippen LogP contribution in [0.2, 0.25) is 0 Å². The van der Waals surface area contributed by atoms with Crippen LogP contribution in [0.5, 0.6) is 11.5 Å². The molecule has 6 rings (SSSR count). The highest BCUT2D eigenvalue weighted by Gasteiger charge is 2.36. The molecule has 1 saturated carbocycles. The highest BCUT2D eigenvalue weighted by molar-refractivity contribution is 6.11. The van der Waals surface area contributed by atoms with Crippen molar-refractivity contribution in [3.05, 3.63) is 76.5 Å². The second kappa shape index (κ2) is 10.3. The highest BCUT2D eigenvalue weighted by Crippen LogP contribution is 2.42. The lowest BCUT2D eigenvalue weighted by Gasteiger charge is -2.24. The first-order valence-electron chi connectivity index (χ1n) is 13.7. The molecule has 1 unspecified atom stereocenters. The van der Waals surface area contributed by atoms with Crippen LogP contribution in [0.3, 0.4) is 0 Å². The van der Waals surface area contributed by atoms with E-state index in [0.717, 1.165) is 48.1 Å². The van der Waals surface area contributed by atoms with Crippen molar-refractivity contribution in [2.45, 2.75) is 64.8 Å². The topological polar surface area (TPSA) is 101 Å². The lowest BCUT2D eigenvalue weighted by molar-refractivity contribution is -0.114. The van der Waals surface area contributed by atoms with E-state index in [1.807, 2.05) is 43.3 Å². The molecule has 3 aliphatic rings. The summed E-state index contributed by atoms with van der Waals surface area (Å²) in [4.78, 5) is 46.0. The smallest absolute Gasteiger partial charge is 0.259 e. The first-order chi connectivity index (χ1) is 19.3. The molecule has 2 aromatic carbocycles. The largest absolute Gasteiger partial charge is 0.493 e. The minimum atomic E-state index is -0.243. The normalized spacial score (nSPS) is 18.2. The zero-order valence-corrected chi connectivity index (χ0v) is 22.9. The Morgan fingerprint density at radius 3 is 2.58 bits per heavy atom. The number of pyridine rings is 1. The summed E-state index contributed by atoms with van der Waals surface area (Å²) in [6.45, 7) is 4.20. The third kappa shape index (κ3) is 4.65. The lowest BCUT2D eigenvalue weighted by Crippen LogP contribution is -2.26. The van der Waals surface area contributed by atoms with Gasteiger partial charge in [0.1, 0.15) is 5.82 Å². The molecule has 1 atom stereocenters. The Morgan fingerprint density at radius 1 is 1.02 bits per heavy atom. The highest BCUT2D eigenvalue weighted by atomic mass is 16.5. The molecule has 0 bridgehead atoms. The maximum Gasteiger partial charge on any atom is 0.259 e. The molecule has 2 aliphatic heterocycles. The van der Waals surface area contributed by atoms with Gasteiger partial charge in [-0.2, -0.15) is 0 Å². The summed E-state index contributed by atoms with van der Waals surface area (Å²) in [5, 5.41) is 2.62. The van der Waals surface area contributed by atoms with Gasteiger partial charge in [-0.3, -0.25) is 14.4 Å². The van der Waals surface area contributed by atoms with Crippen LogP contribution in [-0.2, 0) is 17.9 Å². The maximum absolute atomic E-state index is 13.7. The summed E-state index contributed by atoms with van der Waals surface area (Å²) in [5.41, 5.74) is 4.56. The second-order valence-electron chi connectivity index (χ2n) is 10.7. The predicted octanol–water partition coefficient (Wildman–Crippen LogP) is 5.25. The van der Waals surface area contributed by atoms with E-state index in [9.17, 15) is 14.4 Å². The molecule has 9 nitrogen and oxygen atoms in total. The minimum absolute atomic E-state index is 0.0819. The van der Waals surface area contributed by atoms with Gasteiger partial charge in [0, 0.05) is 54.7 Å². The molecular weight excluding hydrogens is 508 g/mol. The molecule has 1 aromatic heterocycles. The average Bonchev–Trinajstić information content (AvgIpc) is 3.62. The van der Waals surface area contributed by atoms with Gasteiger partial charge >= 0.3 is 0 Å². The number of rotatable bonds is 7. The van der Waals surface area contributed by atoms with Crippen LogP contribution in [0.25, 0.3) is 0 Å². The van der Waals surface area contributed by atoms with E-state index < -0.39 is 0 Å². The Balaban J connectivity index is 1.21. The van der Waals surface area contributed by atoms with Gasteiger partial charge in [-0.15, -0.1) is 0 Å². The summed E-state index contributed by atoms with van der Waals surface area (Å²) in [5.74, 6) is 1.22. The van der Waals surface area contributed by atoms with Gasteiger partial charge in [-0.05, 0) is 68.0 Å². The number of anilines is 2. The maximum atomic E-state index is 13.7. The molecule has 1 N–H and O–H groups in total. The molecule has 3 heterocycles. The van der Waals surface area contributed by atoms with Crippen molar-refractivity contribution in [1.29, 1.82) is 0 Å². The SMILES string of the molecule is COc1ccc(N2C(=O)c3cc(CN4Cc5cnc(NC(C)=O)cc5C4=O)ccc3C2C)cc1OC1CCCC1. The van der Waals surface area contributed by atoms with E-state index in [1.54, 1.807) is 29.2 Å². The average molecular weight is 541 g/mol. The number of nitrogens with zero attached hydrogens (tertiary/aromatic N) is 3. The fourth-order valence-corrected chi connectivity index (χ4v) is 5.98. The number of amides is 3. The number of carbonyl (C=O) groups is 3. The number of hydrogen-bond acceptors (Lipinski definition) is 6. The van der Waals surface area contributed by atoms with Crippen LogP contribution in [0.15, 0.2) is 48.7 Å². The molecule has 1 fully saturated rings. The number of carbonyl (C=O) groups excluding carboxylic acids is 3. The van der Waals surface area contributed by atoms with E-state index >= 15 is 0 Å². The molecule has 0 radical (unpaired) electrons. The fourth-order valence-electron chi connectivity index (χ4n) is 5.98. The van der Waals surface area contributed by atoms with E-state index in [-0.39, 0.29) is 29.9 Å². The molecule has 9 heteroatoms. The van der Waals surface area contributed by atoms with E-state index in [0.29, 0.717) is 41.5 Å².